The summed E-state index contributed by atoms with van der Waals surface area (Å²) in [4.78, 5) is 43.0. The molecule has 0 radical (unpaired) electrons. The van der Waals surface area contributed by atoms with Gasteiger partial charge in [-0.2, -0.15) is 0 Å². The molecule has 216 valence electrons. The van der Waals surface area contributed by atoms with Crippen LogP contribution in [0.15, 0.2) is 72.8 Å². The molecule has 41 heavy (non-hydrogen) atoms. The molecule has 4 amide bonds. The summed E-state index contributed by atoms with van der Waals surface area (Å²) in [5.41, 5.74) is 14.5. The average molecular weight is 558 g/mol. The van der Waals surface area contributed by atoms with Crippen LogP contribution in [0, 0.1) is 11.3 Å². The largest absolute Gasteiger partial charge is 0.398 e. The van der Waals surface area contributed by atoms with Gasteiger partial charge in [-0.1, -0.05) is 48.5 Å². The number of fused-ring (bicyclic) bond motifs is 1. The van der Waals surface area contributed by atoms with Crippen LogP contribution in [-0.2, 0) is 16.0 Å². The minimum absolute atomic E-state index is 0.113. The Morgan fingerprint density at radius 1 is 1.02 bits per heavy atom. The maximum Gasteiger partial charge on any atom is 0.328 e. The molecule has 7 N–H and O–H groups in total. The molecule has 1 heterocycles. The maximum absolute atomic E-state index is 14.7. The van der Waals surface area contributed by atoms with Crippen molar-refractivity contribution < 1.29 is 19.5 Å². The van der Waals surface area contributed by atoms with Crippen LogP contribution in [0.4, 0.5) is 21.9 Å². The third-order valence-electron chi connectivity index (χ3n) is 8.19. The number of nitrogen functional groups attached to an aromatic ring is 1. The number of nitrogens with two attached hydrogens (primary N) is 2. The lowest BCUT2D eigenvalue weighted by Gasteiger charge is -2.46. The van der Waals surface area contributed by atoms with Gasteiger partial charge in [-0.3, -0.25) is 9.59 Å². The summed E-state index contributed by atoms with van der Waals surface area (Å²) in [5, 5.41) is 14.9. The third-order valence-corrected chi connectivity index (χ3v) is 8.19. The van der Waals surface area contributed by atoms with Crippen LogP contribution < -0.4 is 27.0 Å². The summed E-state index contributed by atoms with van der Waals surface area (Å²) >= 11 is 0. The monoisotopic (exact) mass is 557 g/mol. The first-order chi connectivity index (χ1) is 19.5. The molecule has 0 saturated carbocycles. The van der Waals surface area contributed by atoms with Gasteiger partial charge in [0.15, 0.2) is 0 Å². The first kappa shape index (κ1) is 29.8. The molecule has 0 saturated heterocycles. The highest BCUT2D eigenvalue weighted by Crippen LogP contribution is 2.44. The molecule has 4 rings (SSSR count). The number of para-hydroxylation sites is 2. The Kier molecular flexibility index (Phi) is 8.80. The molecule has 0 spiro atoms. The number of carbonyl (C=O) groups is 3. The fraction of sp³-hybridized carbons (Fsp3) is 0.344. The molecule has 1 aliphatic rings. The van der Waals surface area contributed by atoms with E-state index in [0.29, 0.717) is 36.3 Å². The summed E-state index contributed by atoms with van der Waals surface area (Å²) < 4.78 is 0. The van der Waals surface area contributed by atoms with Gasteiger partial charge in [0.25, 0.3) is 0 Å². The first-order valence-corrected chi connectivity index (χ1v) is 13.8. The Morgan fingerprint density at radius 3 is 2.34 bits per heavy atom. The number of imide groups is 1. The second kappa shape index (κ2) is 12.1. The van der Waals surface area contributed by atoms with Gasteiger partial charge in [-0.15, -0.1) is 0 Å². The van der Waals surface area contributed by atoms with Gasteiger partial charge in [-0.05, 0) is 75.4 Å². The minimum Gasteiger partial charge on any atom is -0.398 e. The van der Waals surface area contributed by atoms with Crippen LogP contribution in [-0.4, -0.2) is 41.6 Å². The molecule has 0 fully saturated rings. The van der Waals surface area contributed by atoms with E-state index in [0.717, 1.165) is 21.6 Å². The van der Waals surface area contributed by atoms with Gasteiger partial charge in [0.1, 0.15) is 0 Å². The summed E-state index contributed by atoms with van der Waals surface area (Å²) in [6.45, 7) is 5.14. The van der Waals surface area contributed by atoms with E-state index in [-0.39, 0.29) is 19.1 Å². The van der Waals surface area contributed by atoms with Crippen LogP contribution in [0.5, 0.6) is 0 Å². The number of aliphatic hydroxyl groups excluding tert-OH is 1. The van der Waals surface area contributed by atoms with Gasteiger partial charge >= 0.3 is 6.03 Å². The lowest BCUT2D eigenvalue weighted by molar-refractivity contribution is -0.141. The van der Waals surface area contributed by atoms with Crippen molar-refractivity contribution in [1.29, 1.82) is 0 Å². The molecule has 0 bridgehead atoms. The number of aliphatic hydroxyl groups is 1. The summed E-state index contributed by atoms with van der Waals surface area (Å²) in [6, 6.07) is 21.3. The van der Waals surface area contributed by atoms with Crippen molar-refractivity contribution >= 4 is 34.9 Å². The first-order valence-electron chi connectivity index (χ1n) is 13.8. The van der Waals surface area contributed by atoms with E-state index in [1.807, 2.05) is 42.5 Å². The van der Waals surface area contributed by atoms with Crippen LogP contribution in [0.1, 0.15) is 39.2 Å². The van der Waals surface area contributed by atoms with Gasteiger partial charge in [0, 0.05) is 35.6 Å². The number of benzene rings is 3. The fourth-order valence-electron chi connectivity index (χ4n) is 5.40. The molecule has 0 aromatic heterocycles. The van der Waals surface area contributed by atoms with Crippen molar-refractivity contribution in [2.45, 2.75) is 45.6 Å². The molecule has 2 atom stereocenters. The average Bonchev–Trinajstić information content (AvgIpc) is 3.11. The smallest absolute Gasteiger partial charge is 0.328 e. The van der Waals surface area contributed by atoms with E-state index >= 15 is 0 Å². The maximum atomic E-state index is 14.7. The van der Waals surface area contributed by atoms with Crippen LogP contribution in [0.3, 0.4) is 0 Å². The van der Waals surface area contributed by atoms with Crippen molar-refractivity contribution in [1.82, 2.24) is 5.32 Å². The van der Waals surface area contributed by atoms with Crippen molar-refractivity contribution in [3.05, 3.63) is 78.4 Å². The van der Waals surface area contributed by atoms with Crippen molar-refractivity contribution in [2.75, 3.05) is 29.1 Å². The van der Waals surface area contributed by atoms with Crippen LogP contribution in [0.2, 0.25) is 0 Å². The Labute approximate surface area is 240 Å². The lowest BCUT2D eigenvalue weighted by atomic mass is 9.62. The SMILES string of the molecule is CC(C)(N)C(C)(C(=O)N(C(=O)NCCCO)c1ccc(-c2ccccc2N)cc1)[C@H]1CCc2ccccc2NC1=O. The number of aryl methyl sites for hydroxylation is 1. The highest BCUT2D eigenvalue weighted by Gasteiger charge is 2.56. The van der Waals surface area contributed by atoms with E-state index in [9.17, 15) is 19.5 Å². The molecule has 3 aromatic rings. The summed E-state index contributed by atoms with van der Waals surface area (Å²) in [6.07, 6.45) is 1.26. The topological polar surface area (TPSA) is 151 Å². The third kappa shape index (κ3) is 5.96. The molecule has 9 heteroatoms. The van der Waals surface area contributed by atoms with Gasteiger partial charge in [0.2, 0.25) is 11.8 Å². The van der Waals surface area contributed by atoms with E-state index < -0.39 is 28.8 Å². The number of amides is 4. The van der Waals surface area contributed by atoms with Gasteiger partial charge in [-0.25, -0.2) is 9.69 Å². The highest BCUT2D eigenvalue weighted by atomic mass is 16.3. The molecule has 1 unspecified atom stereocenters. The van der Waals surface area contributed by atoms with Gasteiger partial charge in [0.05, 0.1) is 17.0 Å². The Balaban J connectivity index is 1.76. The molecule has 1 aliphatic heterocycles. The van der Waals surface area contributed by atoms with Gasteiger partial charge < -0.3 is 27.2 Å². The molecule has 9 nitrogen and oxygen atoms in total. The quantitative estimate of drug-likeness (QED) is 0.206. The number of hydrogen-bond donors (Lipinski definition) is 5. The normalized spacial score (nSPS) is 16.5. The van der Waals surface area contributed by atoms with Crippen molar-refractivity contribution in [2.24, 2.45) is 17.1 Å². The number of nitrogens with zero attached hydrogens (tertiary/aromatic N) is 1. The number of anilines is 3. The summed E-state index contributed by atoms with van der Waals surface area (Å²) in [5.74, 6) is -1.73. The standard InChI is InChI=1S/C32H39N5O4/c1-31(2,34)32(3,25-18-15-22-9-4-7-12-27(22)36-28(25)39)29(40)37(30(41)35-19-8-20-38)23-16-13-21(14-17-23)24-10-5-6-11-26(24)33/h4-7,9-14,16-17,25,38H,8,15,18-20,33-34H2,1-3H3,(H,35,41)(H,36,39)/t25-,32?/m0/s1. The molecule has 0 aliphatic carbocycles. The predicted octanol–water partition coefficient (Wildman–Crippen LogP) is 4.31. The van der Waals surface area contributed by atoms with Crippen LogP contribution in [0.25, 0.3) is 11.1 Å². The van der Waals surface area contributed by atoms with Crippen molar-refractivity contribution in [3.8, 4) is 11.1 Å². The van der Waals surface area contributed by atoms with E-state index in [1.54, 1.807) is 51.1 Å². The number of rotatable bonds is 8. The zero-order valence-electron chi connectivity index (χ0n) is 23.8. The molecular weight excluding hydrogens is 518 g/mol. The number of hydrogen-bond acceptors (Lipinski definition) is 6. The number of carbonyl (C=O) groups excluding carboxylic acids is 3. The lowest BCUT2D eigenvalue weighted by Crippen LogP contribution is -2.65. The Bertz CT molecular complexity index is 1420. The number of urea groups is 1. The van der Waals surface area contributed by atoms with E-state index in [2.05, 4.69) is 10.6 Å². The molecule has 3 aromatic carbocycles. The molecular formula is C32H39N5O4. The number of nitrogens with one attached hydrogen (secondary N) is 2. The fourth-order valence-corrected chi connectivity index (χ4v) is 5.40. The predicted molar refractivity (Wildman–Crippen MR) is 162 cm³/mol. The highest BCUT2D eigenvalue weighted by molar-refractivity contribution is 6.17. The van der Waals surface area contributed by atoms with E-state index in [4.69, 9.17) is 11.5 Å². The second-order valence-corrected chi connectivity index (χ2v) is 11.2. The Hall–Kier alpha value is -4.21. The second-order valence-electron chi connectivity index (χ2n) is 11.2. The summed E-state index contributed by atoms with van der Waals surface area (Å²) in [7, 11) is 0. The zero-order chi connectivity index (χ0) is 29.8. The van der Waals surface area contributed by atoms with Crippen LogP contribution >= 0.6 is 0 Å². The Morgan fingerprint density at radius 2 is 1.68 bits per heavy atom. The zero-order valence-corrected chi connectivity index (χ0v) is 23.8. The van der Waals surface area contributed by atoms with E-state index in [1.165, 1.54) is 0 Å². The van der Waals surface area contributed by atoms with Crippen molar-refractivity contribution in [3.63, 3.8) is 0 Å². The minimum atomic E-state index is -1.48.